The zero-order chi connectivity index (χ0) is 14.5. The van der Waals surface area contributed by atoms with E-state index in [0.29, 0.717) is 11.5 Å². The Morgan fingerprint density at radius 2 is 1.89 bits per heavy atom. The third-order valence-corrected chi connectivity index (χ3v) is 4.23. The van der Waals surface area contributed by atoms with Gasteiger partial charge < -0.3 is 5.32 Å². The van der Waals surface area contributed by atoms with Gasteiger partial charge in [0.15, 0.2) is 0 Å². The largest absolute Gasteiger partial charge is 0.314 e. The number of hydrogen-bond donors (Lipinski definition) is 1. The first-order chi connectivity index (χ1) is 8.96. The third-order valence-electron chi connectivity index (χ3n) is 4.23. The molecule has 0 aliphatic carbocycles. The highest BCUT2D eigenvalue weighted by Crippen LogP contribution is 2.30. The van der Waals surface area contributed by atoms with Gasteiger partial charge in [0.1, 0.15) is 0 Å². The molecule has 1 N–H and O–H groups in total. The molecule has 19 heavy (non-hydrogen) atoms. The second-order valence-electron chi connectivity index (χ2n) is 6.01. The first kappa shape index (κ1) is 16.2. The van der Waals surface area contributed by atoms with Crippen LogP contribution in [0.5, 0.6) is 0 Å². The van der Waals surface area contributed by atoms with E-state index in [2.05, 4.69) is 62.7 Å². The maximum absolute atomic E-state index is 4.57. The molecule has 0 fully saturated rings. The van der Waals surface area contributed by atoms with Crippen molar-refractivity contribution in [3.8, 4) is 0 Å². The molecule has 1 heterocycles. The molecule has 0 spiro atoms. The van der Waals surface area contributed by atoms with Crippen LogP contribution in [-0.2, 0) is 13.0 Å². The summed E-state index contributed by atoms with van der Waals surface area (Å²) in [6.07, 6.45) is 3.53. The molecule has 0 unspecified atom stereocenters. The quantitative estimate of drug-likeness (QED) is 0.779. The Morgan fingerprint density at radius 3 is 2.37 bits per heavy atom. The summed E-state index contributed by atoms with van der Waals surface area (Å²) in [5.41, 5.74) is 2.87. The molecule has 0 aliphatic heterocycles. The van der Waals surface area contributed by atoms with Crippen molar-refractivity contribution in [2.45, 2.75) is 73.4 Å². The molecule has 0 atom stereocenters. The van der Waals surface area contributed by atoms with Gasteiger partial charge in [-0.2, -0.15) is 5.10 Å². The summed E-state index contributed by atoms with van der Waals surface area (Å²) in [6.45, 7) is 15.4. The van der Waals surface area contributed by atoms with Crippen LogP contribution in [-0.4, -0.2) is 22.4 Å². The molecule has 3 nitrogen and oxygen atoms in total. The summed E-state index contributed by atoms with van der Waals surface area (Å²) in [4.78, 5) is 0. The fraction of sp³-hybridized carbons (Fsp3) is 0.812. The summed E-state index contributed by atoms with van der Waals surface area (Å²) < 4.78 is 2.16. The van der Waals surface area contributed by atoms with Crippen molar-refractivity contribution in [1.29, 1.82) is 0 Å². The lowest BCUT2D eigenvalue weighted by Crippen LogP contribution is -2.39. The lowest BCUT2D eigenvalue weighted by molar-refractivity contribution is 0.234. The van der Waals surface area contributed by atoms with Gasteiger partial charge in [0.25, 0.3) is 0 Å². The van der Waals surface area contributed by atoms with Crippen molar-refractivity contribution in [2.75, 3.05) is 6.54 Å². The average molecular weight is 265 g/mol. The second kappa shape index (κ2) is 7.09. The van der Waals surface area contributed by atoms with Crippen LogP contribution in [0.25, 0.3) is 0 Å². The Labute approximate surface area is 118 Å². The SMILES string of the molecule is CCn1nc(C)cc1CC(CC)(CC)CNC(C)C. The Bertz CT molecular complexity index is 375. The molecule has 3 heteroatoms. The summed E-state index contributed by atoms with van der Waals surface area (Å²) in [7, 11) is 0. The van der Waals surface area contributed by atoms with E-state index in [1.165, 1.54) is 18.5 Å². The zero-order valence-corrected chi connectivity index (χ0v) is 13.6. The monoisotopic (exact) mass is 265 g/mol. The van der Waals surface area contributed by atoms with E-state index in [0.717, 1.165) is 25.2 Å². The van der Waals surface area contributed by atoms with Gasteiger partial charge in [0.05, 0.1) is 5.69 Å². The standard InChI is InChI=1S/C16H31N3/c1-7-16(8-2,12-17-13(4)5)11-15-10-14(6)18-19(15)9-3/h10,13,17H,7-9,11-12H2,1-6H3. The Hall–Kier alpha value is -0.830. The smallest absolute Gasteiger partial charge is 0.0596 e. The van der Waals surface area contributed by atoms with Gasteiger partial charge in [-0.3, -0.25) is 4.68 Å². The minimum atomic E-state index is 0.351. The lowest BCUT2D eigenvalue weighted by atomic mass is 9.78. The topological polar surface area (TPSA) is 29.9 Å². The minimum Gasteiger partial charge on any atom is -0.314 e. The normalized spacial score (nSPS) is 12.4. The second-order valence-corrected chi connectivity index (χ2v) is 6.01. The fourth-order valence-corrected chi connectivity index (χ4v) is 2.63. The molecule has 1 aromatic rings. The van der Waals surface area contributed by atoms with Gasteiger partial charge in [0.2, 0.25) is 0 Å². The molecular formula is C16H31N3. The maximum Gasteiger partial charge on any atom is 0.0596 e. The molecule has 110 valence electrons. The third kappa shape index (κ3) is 4.34. The predicted octanol–water partition coefficient (Wildman–Crippen LogP) is 3.56. The summed E-state index contributed by atoms with van der Waals surface area (Å²) in [5.74, 6) is 0. The molecule has 0 bridgehead atoms. The molecule has 0 saturated carbocycles. The van der Waals surface area contributed by atoms with Gasteiger partial charge in [-0.15, -0.1) is 0 Å². The number of nitrogens with zero attached hydrogens (tertiary/aromatic N) is 2. The van der Waals surface area contributed by atoms with Crippen LogP contribution in [0.4, 0.5) is 0 Å². The van der Waals surface area contributed by atoms with Crippen molar-refractivity contribution < 1.29 is 0 Å². The number of aryl methyl sites for hydroxylation is 2. The molecule has 0 saturated heterocycles. The van der Waals surface area contributed by atoms with Crippen LogP contribution in [0.2, 0.25) is 0 Å². The van der Waals surface area contributed by atoms with Crippen LogP contribution in [0, 0.1) is 12.3 Å². The van der Waals surface area contributed by atoms with Gasteiger partial charge in [-0.25, -0.2) is 0 Å². The highest BCUT2D eigenvalue weighted by molar-refractivity contribution is 5.11. The van der Waals surface area contributed by atoms with Crippen molar-refractivity contribution in [3.05, 3.63) is 17.5 Å². The van der Waals surface area contributed by atoms with Crippen LogP contribution >= 0.6 is 0 Å². The van der Waals surface area contributed by atoms with Gasteiger partial charge >= 0.3 is 0 Å². The van der Waals surface area contributed by atoms with Gasteiger partial charge in [-0.1, -0.05) is 27.7 Å². The molecule has 0 aromatic carbocycles. The summed E-state index contributed by atoms with van der Waals surface area (Å²) in [6, 6.07) is 2.80. The summed E-state index contributed by atoms with van der Waals surface area (Å²) in [5, 5.41) is 8.20. The van der Waals surface area contributed by atoms with Crippen molar-refractivity contribution in [3.63, 3.8) is 0 Å². The van der Waals surface area contributed by atoms with E-state index < -0.39 is 0 Å². The number of nitrogens with one attached hydrogen (secondary N) is 1. The van der Waals surface area contributed by atoms with E-state index in [4.69, 9.17) is 0 Å². The van der Waals surface area contributed by atoms with Crippen LogP contribution in [0.1, 0.15) is 58.8 Å². The van der Waals surface area contributed by atoms with E-state index in [1.54, 1.807) is 0 Å². The number of rotatable bonds is 8. The highest BCUT2D eigenvalue weighted by atomic mass is 15.3. The highest BCUT2D eigenvalue weighted by Gasteiger charge is 2.28. The predicted molar refractivity (Wildman–Crippen MR) is 82.5 cm³/mol. The first-order valence-corrected chi connectivity index (χ1v) is 7.73. The molecule has 0 radical (unpaired) electrons. The zero-order valence-electron chi connectivity index (χ0n) is 13.6. The molecule has 0 amide bonds. The van der Waals surface area contributed by atoms with Gasteiger partial charge in [-0.05, 0) is 44.6 Å². The Kier molecular flexibility index (Phi) is 6.05. The Morgan fingerprint density at radius 1 is 1.26 bits per heavy atom. The Balaban J connectivity index is 2.87. The molecule has 0 aliphatic rings. The molecular weight excluding hydrogens is 234 g/mol. The summed E-state index contributed by atoms with van der Waals surface area (Å²) >= 11 is 0. The first-order valence-electron chi connectivity index (χ1n) is 7.73. The van der Waals surface area contributed by atoms with E-state index >= 15 is 0 Å². The van der Waals surface area contributed by atoms with E-state index in [-0.39, 0.29) is 0 Å². The maximum atomic E-state index is 4.57. The van der Waals surface area contributed by atoms with Crippen LogP contribution in [0.3, 0.4) is 0 Å². The minimum absolute atomic E-state index is 0.351. The van der Waals surface area contributed by atoms with E-state index in [1.807, 2.05) is 0 Å². The number of aromatic nitrogens is 2. The molecule has 1 aromatic heterocycles. The van der Waals surface area contributed by atoms with Crippen molar-refractivity contribution in [1.82, 2.24) is 15.1 Å². The van der Waals surface area contributed by atoms with Crippen LogP contribution < -0.4 is 5.32 Å². The number of hydrogen-bond acceptors (Lipinski definition) is 2. The fourth-order valence-electron chi connectivity index (χ4n) is 2.63. The van der Waals surface area contributed by atoms with Crippen molar-refractivity contribution in [2.24, 2.45) is 5.41 Å². The van der Waals surface area contributed by atoms with Crippen LogP contribution in [0.15, 0.2) is 6.07 Å². The van der Waals surface area contributed by atoms with E-state index in [9.17, 15) is 0 Å². The average Bonchev–Trinajstić information content (AvgIpc) is 2.74. The lowest BCUT2D eigenvalue weighted by Gasteiger charge is -2.33. The van der Waals surface area contributed by atoms with Crippen molar-refractivity contribution >= 4 is 0 Å². The van der Waals surface area contributed by atoms with Gasteiger partial charge in [0, 0.05) is 24.8 Å². The molecule has 1 rings (SSSR count).